The number of ether oxygens (including phenoxy) is 1. The van der Waals surface area contributed by atoms with Crippen molar-refractivity contribution in [2.75, 3.05) is 62.6 Å². The van der Waals surface area contributed by atoms with Crippen LogP contribution in [-0.4, -0.2) is 73.3 Å². The minimum atomic E-state index is 0.336. The normalized spacial score (nSPS) is 19.6. The van der Waals surface area contributed by atoms with Gasteiger partial charge in [-0.2, -0.15) is 0 Å². The number of piperazine rings is 1. The van der Waals surface area contributed by atoms with Crippen LogP contribution in [0.2, 0.25) is 0 Å². The lowest BCUT2D eigenvalue weighted by Gasteiger charge is -2.34. The highest BCUT2D eigenvalue weighted by Crippen LogP contribution is 2.27. The second-order valence-electron chi connectivity index (χ2n) is 7.44. The summed E-state index contributed by atoms with van der Waals surface area (Å²) in [6, 6.07) is 10.3. The van der Waals surface area contributed by atoms with Gasteiger partial charge in [0, 0.05) is 45.1 Å². The summed E-state index contributed by atoms with van der Waals surface area (Å²) in [7, 11) is 0. The molecule has 2 aliphatic heterocycles. The maximum Gasteiger partial charge on any atom is 0.225 e. The molecule has 7 heteroatoms. The zero-order valence-electron chi connectivity index (χ0n) is 16.4. The summed E-state index contributed by atoms with van der Waals surface area (Å²) >= 11 is 0. The molecule has 7 nitrogen and oxygen atoms in total. The Morgan fingerprint density at radius 3 is 2.71 bits per heavy atom. The standard InChI is InChI=1S/C21H30N6O/c1-2-7-20-19(6-1)25-18(17-28-20)16-22-8-3-4-11-26-12-14-27(15-13-26)21-23-9-5-10-24-21/h1-2,5-7,9-10,18,22,25H,3-4,8,11-17H2. The third-order valence-electron chi connectivity index (χ3n) is 5.36. The minimum Gasteiger partial charge on any atom is -0.489 e. The van der Waals surface area contributed by atoms with Gasteiger partial charge >= 0.3 is 0 Å². The van der Waals surface area contributed by atoms with E-state index in [4.69, 9.17) is 4.74 Å². The Morgan fingerprint density at radius 2 is 1.86 bits per heavy atom. The molecule has 0 radical (unpaired) electrons. The highest BCUT2D eigenvalue weighted by molar-refractivity contribution is 5.58. The first-order chi connectivity index (χ1) is 13.9. The summed E-state index contributed by atoms with van der Waals surface area (Å²) in [6.07, 6.45) is 6.06. The van der Waals surface area contributed by atoms with E-state index in [1.165, 1.54) is 19.4 Å². The number of nitrogens with one attached hydrogen (secondary N) is 2. The Kier molecular flexibility index (Phi) is 6.57. The van der Waals surface area contributed by atoms with Gasteiger partial charge in [0.15, 0.2) is 0 Å². The molecule has 28 heavy (non-hydrogen) atoms. The molecular formula is C21H30N6O. The van der Waals surface area contributed by atoms with Gasteiger partial charge in [-0.3, -0.25) is 4.90 Å². The zero-order chi connectivity index (χ0) is 19.0. The molecule has 0 spiro atoms. The van der Waals surface area contributed by atoms with E-state index in [1.54, 1.807) is 0 Å². The average Bonchev–Trinajstić information content (AvgIpc) is 2.77. The Morgan fingerprint density at radius 1 is 1.04 bits per heavy atom. The molecule has 1 aromatic heterocycles. The van der Waals surface area contributed by atoms with Crippen LogP contribution in [0.5, 0.6) is 5.75 Å². The van der Waals surface area contributed by atoms with Crippen molar-refractivity contribution in [3.63, 3.8) is 0 Å². The third kappa shape index (κ3) is 5.11. The summed E-state index contributed by atoms with van der Waals surface area (Å²) in [5, 5.41) is 7.11. The first kappa shape index (κ1) is 19.0. The number of rotatable bonds is 8. The molecule has 1 fully saturated rings. The molecule has 2 N–H and O–H groups in total. The maximum atomic E-state index is 5.81. The molecule has 2 aliphatic rings. The van der Waals surface area contributed by atoms with E-state index in [9.17, 15) is 0 Å². The smallest absolute Gasteiger partial charge is 0.225 e. The Balaban J connectivity index is 1.06. The fraction of sp³-hybridized carbons (Fsp3) is 0.524. The van der Waals surface area contributed by atoms with Crippen molar-refractivity contribution in [1.82, 2.24) is 20.2 Å². The lowest BCUT2D eigenvalue weighted by atomic mass is 10.2. The summed E-state index contributed by atoms with van der Waals surface area (Å²) in [6.45, 7) is 8.08. The first-order valence-electron chi connectivity index (χ1n) is 10.3. The summed E-state index contributed by atoms with van der Waals surface area (Å²) in [5.74, 6) is 1.81. The van der Waals surface area contributed by atoms with E-state index in [1.807, 2.05) is 36.7 Å². The summed E-state index contributed by atoms with van der Waals surface area (Å²) < 4.78 is 5.81. The van der Waals surface area contributed by atoms with Crippen LogP contribution in [-0.2, 0) is 0 Å². The van der Waals surface area contributed by atoms with Gasteiger partial charge in [0.1, 0.15) is 12.4 Å². The number of aromatic nitrogens is 2. The number of hydrogen-bond acceptors (Lipinski definition) is 7. The quantitative estimate of drug-likeness (QED) is 0.676. The molecule has 0 amide bonds. The fourth-order valence-electron chi connectivity index (χ4n) is 3.76. The summed E-state index contributed by atoms with van der Waals surface area (Å²) in [5.41, 5.74) is 1.10. The van der Waals surface area contributed by atoms with Crippen LogP contribution in [0.3, 0.4) is 0 Å². The predicted octanol–water partition coefficient (Wildman–Crippen LogP) is 1.84. The SMILES string of the molecule is c1cnc(N2CCN(CCCCNCC3COc4ccccc4N3)CC2)nc1. The fourth-order valence-corrected chi connectivity index (χ4v) is 3.76. The number of para-hydroxylation sites is 2. The van der Waals surface area contributed by atoms with E-state index >= 15 is 0 Å². The Bertz CT molecular complexity index is 720. The topological polar surface area (TPSA) is 65.6 Å². The van der Waals surface area contributed by atoms with Crippen molar-refractivity contribution >= 4 is 11.6 Å². The van der Waals surface area contributed by atoms with E-state index in [0.717, 1.165) is 63.3 Å². The zero-order valence-corrected chi connectivity index (χ0v) is 16.4. The van der Waals surface area contributed by atoms with Crippen LogP contribution in [0.25, 0.3) is 0 Å². The number of hydrogen-bond donors (Lipinski definition) is 2. The first-order valence-corrected chi connectivity index (χ1v) is 10.3. The van der Waals surface area contributed by atoms with Crippen molar-refractivity contribution in [3.8, 4) is 5.75 Å². The Hall–Kier alpha value is -2.38. The summed E-state index contributed by atoms with van der Waals surface area (Å²) in [4.78, 5) is 13.5. The molecule has 1 unspecified atom stereocenters. The lowest BCUT2D eigenvalue weighted by Crippen LogP contribution is -2.47. The van der Waals surface area contributed by atoms with E-state index in [-0.39, 0.29) is 0 Å². The van der Waals surface area contributed by atoms with Crippen LogP contribution in [0.15, 0.2) is 42.7 Å². The molecule has 2 aromatic rings. The van der Waals surface area contributed by atoms with Gasteiger partial charge in [-0.15, -0.1) is 0 Å². The van der Waals surface area contributed by atoms with Crippen molar-refractivity contribution in [1.29, 1.82) is 0 Å². The van der Waals surface area contributed by atoms with Gasteiger partial charge in [0.25, 0.3) is 0 Å². The van der Waals surface area contributed by atoms with E-state index < -0.39 is 0 Å². The van der Waals surface area contributed by atoms with Gasteiger partial charge in [-0.1, -0.05) is 12.1 Å². The third-order valence-corrected chi connectivity index (χ3v) is 5.36. The molecule has 1 saturated heterocycles. The Labute approximate surface area is 167 Å². The molecule has 0 saturated carbocycles. The lowest BCUT2D eigenvalue weighted by molar-refractivity contribution is 0.250. The number of nitrogens with zero attached hydrogens (tertiary/aromatic N) is 4. The number of fused-ring (bicyclic) bond motifs is 1. The highest BCUT2D eigenvalue weighted by atomic mass is 16.5. The largest absolute Gasteiger partial charge is 0.489 e. The van der Waals surface area contributed by atoms with Crippen molar-refractivity contribution in [3.05, 3.63) is 42.7 Å². The second kappa shape index (κ2) is 9.71. The molecular weight excluding hydrogens is 352 g/mol. The number of unbranched alkanes of at least 4 members (excludes halogenated alkanes) is 1. The minimum absolute atomic E-state index is 0.336. The molecule has 1 aromatic carbocycles. The van der Waals surface area contributed by atoms with Crippen molar-refractivity contribution in [2.24, 2.45) is 0 Å². The molecule has 150 valence electrons. The van der Waals surface area contributed by atoms with Gasteiger partial charge in [0.05, 0.1) is 11.7 Å². The van der Waals surface area contributed by atoms with Crippen molar-refractivity contribution < 1.29 is 4.74 Å². The van der Waals surface area contributed by atoms with Gasteiger partial charge in [-0.05, 0) is 44.1 Å². The molecule has 0 aliphatic carbocycles. The van der Waals surface area contributed by atoms with Crippen LogP contribution < -0.4 is 20.3 Å². The van der Waals surface area contributed by atoms with Crippen LogP contribution >= 0.6 is 0 Å². The highest BCUT2D eigenvalue weighted by Gasteiger charge is 2.19. The maximum absolute atomic E-state index is 5.81. The predicted molar refractivity (Wildman–Crippen MR) is 112 cm³/mol. The average molecular weight is 383 g/mol. The number of anilines is 2. The van der Waals surface area contributed by atoms with Gasteiger partial charge in [-0.25, -0.2) is 9.97 Å². The van der Waals surface area contributed by atoms with Crippen LogP contribution in [0.1, 0.15) is 12.8 Å². The van der Waals surface area contributed by atoms with E-state index in [2.05, 4.69) is 36.5 Å². The molecule has 3 heterocycles. The van der Waals surface area contributed by atoms with Crippen LogP contribution in [0.4, 0.5) is 11.6 Å². The van der Waals surface area contributed by atoms with Crippen molar-refractivity contribution in [2.45, 2.75) is 18.9 Å². The van der Waals surface area contributed by atoms with Crippen LogP contribution in [0, 0.1) is 0 Å². The molecule has 0 bridgehead atoms. The monoisotopic (exact) mass is 382 g/mol. The number of benzene rings is 1. The molecule has 1 atom stereocenters. The van der Waals surface area contributed by atoms with E-state index in [0.29, 0.717) is 6.04 Å². The van der Waals surface area contributed by atoms with Gasteiger partial charge in [0.2, 0.25) is 5.95 Å². The van der Waals surface area contributed by atoms with Gasteiger partial charge < -0.3 is 20.3 Å². The molecule has 4 rings (SSSR count). The second-order valence-corrected chi connectivity index (χ2v) is 7.44.